The number of methoxy groups -OCH3 is 1. The van der Waals surface area contributed by atoms with Crippen LogP contribution in [0.5, 0.6) is 0 Å². The molecule has 5 heteroatoms. The van der Waals surface area contributed by atoms with Gasteiger partial charge in [0.05, 0.1) is 18.3 Å². The molecule has 1 aliphatic rings. The van der Waals surface area contributed by atoms with E-state index in [0.717, 1.165) is 16.9 Å². The topological polar surface area (TPSA) is 49.9 Å². The number of carbonyl (C=O) groups excluding carboxylic acids is 2. The van der Waals surface area contributed by atoms with Gasteiger partial charge >= 0.3 is 5.97 Å². The smallest absolute Gasteiger partial charge is 0.340 e. The van der Waals surface area contributed by atoms with Crippen LogP contribution in [0.2, 0.25) is 0 Å². The molecule has 0 saturated carbocycles. The van der Waals surface area contributed by atoms with Crippen LogP contribution in [0, 0.1) is 0 Å². The third-order valence-corrected chi connectivity index (χ3v) is 5.33. The molecule has 2 aromatic carbocycles. The summed E-state index contributed by atoms with van der Waals surface area (Å²) in [7, 11) is 5.27. The van der Waals surface area contributed by atoms with Gasteiger partial charge in [0, 0.05) is 31.2 Å². The van der Waals surface area contributed by atoms with E-state index in [1.165, 1.54) is 12.7 Å². The Hall–Kier alpha value is -3.34. The highest BCUT2D eigenvalue weighted by atomic mass is 16.5. The van der Waals surface area contributed by atoms with Crippen molar-refractivity contribution in [3.8, 4) is 0 Å². The van der Waals surface area contributed by atoms with Crippen LogP contribution in [0.3, 0.4) is 0 Å². The van der Waals surface area contributed by atoms with Gasteiger partial charge in [-0.3, -0.25) is 9.69 Å². The quantitative estimate of drug-likeness (QED) is 0.533. The molecular weight excluding hydrogens is 376 g/mol. The number of benzene rings is 2. The first kappa shape index (κ1) is 21.4. The van der Waals surface area contributed by atoms with E-state index in [1.807, 2.05) is 67.5 Å². The Morgan fingerprint density at radius 1 is 1.03 bits per heavy atom. The lowest BCUT2D eigenvalue weighted by molar-refractivity contribution is -0.136. The third kappa shape index (κ3) is 4.01. The van der Waals surface area contributed by atoms with Gasteiger partial charge < -0.3 is 9.64 Å². The van der Waals surface area contributed by atoms with Crippen molar-refractivity contribution in [1.82, 2.24) is 0 Å². The Morgan fingerprint density at radius 3 is 2.13 bits per heavy atom. The average molecular weight is 405 g/mol. The summed E-state index contributed by atoms with van der Waals surface area (Å²) in [5.74, 6) is -0.351. The van der Waals surface area contributed by atoms with Crippen molar-refractivity contribution in [2.45, 2.75) is 26.7 Å². The first-order valence-corrected chi connectivity index (χ1v) is 9.97. The van der Waals surface area contributed by atoms with E-state index in [4.69, 9.17) is 4.74 Å². The van der Waals surface area contributed by atoms with Crippen LogP contribution in [0.15, 0.2) is 65.4 Å². The molecule has 0 spiro atoms. The number of nitrogens with zero attached hydrogens (tertiary/aromatic N) is 2. The van der Waals surface area contributed by atoms with Crippen molar-refractivity contribution < 1.29 is 14.3 Å². The molecule has 2 aromatic rings. The van der Waals surface area contributed by atoms with Gasteiger partial charge in [-0.1, -0.05) is 38.1 Å². The molecule has 0 atom stereocenters. The van der Waals surface area contributed by atoms with Crippen LogP contribution >= 0.6 is 0 Å². The highest BCUT2D eigenvalue weighted by molar-refractivity contribution is 6.23. The van der Waals surface area contributed by atoms with Crippen LogP contribution in [0.25, 0.3) is 6.08 Å². The Morgan fingerprint density at radius 2 is 1.63 bits per heavy atom. The van der Waals surface area contributed by atoms with E-state index in [2.05, 4.69) is 13.8 Å². The maximum absolute atomic E-state index is 13.3. The molecule has 5 nitrogen and oxygen atoms in total. The van der Waals surface area contributed by atoms with Crippen LogP contribution in [0.1, 0.15) is 37.8 Å². The van der Waals surface area contributed by atoms with Crippen LogP contribution in [0.4, 0.5) is 11.4 Å². The Kier molecular flexibility index (Phi) is 6.11. The van der Waals surface area contributed by atoms with Crippen LogP contribution < -0.4 is 9.80 Å². The SMILES string of the molecule is COC(=O)C1=C(C)N(c2ccc(C(C)C)cc2)C(=O)/C1=C/c1ccc(N(C)C)cc1. The molecule has 1 amide bonds. The van der Waals surface area contributed by atoms with Gasteiger partial charge in [-0.15, -0.1) is 0 Å². The summed E-state index contributed by atoms with van der Waals surface area (Å²) >= 11 is 0. The Balaban J connectivity index is 2.05. The van der Waals surface area contributed by atoms with Crippen molar-refractivity contribution >= 4 is 29.3 Å². The summed E-state index contributed by atoms with van der Waals surface area (Å²) in [6.45, 7) is 6.02. The van der Waals surface area contributed by atoms with Gasteiger partial charge in [-0.05, 0) is 54.3 Å². The van der Waals surface area contributed by atoms with E-state index >= 15 is 0 Å². The number of ether oxygens (including phenoxy) is 1. The molecule has 156 valence electrons. The highest BCUT2D eigenvalue weighted by Gasteiger charge is 2.37. The molecule has 0 aromatic heterocycles. The molecule has 0 N–H and O–H groups in total. The van der Waals surface area contributed by atoms with Crippen molar-refractivity contribution in [3.05, 3.63) is 76.5 Å². The normalized spacial score (nSPS) is 15.4. The van der Waals surface area contributed by atoms with E-state index in [0.29, 0.717) is 22.8 Å². The second-order valence-electron chi connectivity index (χ2n) is 7.88. The summed E-state index contributed by atoms with van der Waals surface area (Å²) in [6.07, 6.45) is 1.75. The molecule has 1 aliphatic heterocycles. The van der Waals surface area contributed by atoms with Gasteiger partial charge in [-0.25, -0.2) is 4.79 Å². The summed E-state index contributed by atoms with van der Waals surface area (Å²) < 4.78 is 4.98. The molecule has 30 heavy (non-hydrogen) atoms. The molecule has 0 aliphatic carbocycles. The lowest BCUT2D eigenvalue weighted by atomic mass is 10.0. The van der Waals surface area contributed by atoms with Gasteiger partial charge in [0.25, 0.3) is 5.91 Å². The summed E-state index contributed by atoms with van der Waals surface area (Å²) in [5, 5.41) is 0. The second-order valence-corrected chi connectivity index (χ2v) is 7.88. The number of allylic oxidation sites excluding steroid dienone is 1. The number of amides is 1. The summed E-state index contributed by atoms with van der Waals surface area (Å²) in [6, 6.07) is 15.7. The highest BCUT2D eigenvalue weighted by Crippen LogP contribution is 2.36. The number of hydrogen-bond acceptors (Lipinski definition) is 4. The molecule has 0 fully saturated rings. The van der Waals surface area contributed by atoms with Crippen molar-refractivity contribution in [2.24, 2.45) is 0 Å². The fourth-order valence-electron chi connectivity index (χ4n) is 3.53. The van der Waals surface area contributed by atoms with Gasteiger partial charge in [0.15, 0.2) is 0 Å². The maximum Gasteiger partial charge on any atom is 0.340 e. The largest absolute Gasteiger partial charge is 0.465 e. The Bertz CT molecular complexity index is 1010. The van der Waals surface area contributed by atoms with Crippen LogP contribution in [-0.4, -0.2) is 33.1 Å². The fourth-order valence-corrected chi connectivity index (χ4v) is 3.53. The average Bonchev–Trinajstić information content (AvgIpc) is 2.97. The van der Waals surface area contributed by atoms with Gasteiger partial charge in [0.1, 0.15) is 0 Å². The molecule has 0 bridgehead atoms. The van der Waals surface area contributed by atoms with Crippen molar-refractivity contribution in [2.75, 3.05) is 31.0 Å². The molecular formula is C25H28N2O3. The zero-order valence-corrected chi connectivity index (χ0v) is 18.4. The molecule has 3 rings (SSSR count). The van der Waals surface area contributed by atoms with Gasteiger partial charge in [-0.2, -0.15) is 0 Å². The number of hydrogen-bond donors (Lipinski definition) is 0. The minimum atomic E-state index is -0.515. The van der Waals surface area contributed by atoms with Gasteiger partial charge in [0.2, 0.25) is 0 Å². The summed E-state index contributed by atoms with van der Waals surface area (Å²) in [5.41, 5.74) is 5.03. The minimum Gasteiger partial charge on any atom is -0.465 e. The monoisotopic (exact) mass is 404 g/mol. The Labute approximate surface area is 178 Å². The third-order valence-electron chi connectivity index (χ3n) is 5.33. The predicted molar refractivity (Wildman–Crippen MR) is 121 cm³/mol. The van der Waals surface area contributed by atoms with E-state index in [-0.39, 0.29) is 5.91 Å². The first-order valence-electron chi connectivity index (χ1n) is 9.97. The zero-order valence-electron chi connectivity index (χ0n) is 18.4. The van der Waals surface area contributed by atoms with Crippen LogP contribution in [-0.2, 0) is 14.3 Å². The number of carbonyl (C=O) groups is 2. The lowest BCUT2D eigenvalue weighted by Crippen LogP contribution is -2.24. The molecule has 0 saturated heterocycles. The number of anilines is 2. The van der Waals surface area contributed by atoms with Crippen molar-refractivity contribution in [3.63, 3.8) is 0 Å². The van der Waals surface area contributed by atoms with E-state index in [9.17, 15) is 9.59 Å². The lowest BCUT2D eigenvalue weighted by Gasteiger charge is -2.19. The molecule has 1 heterocycles. The standard InChI is InChI=1S/C25H28N2O3/c1-16(2)19-9-13-21(14-10-19)27-17(3)23(25(29)30-6)22(24(27)28)15-18-7-11-20(12-8-18)26(4)5/h7-16H,1-6H3/b22-15+. The van der Waals surface area contributed by atoms with E-state index in [1.54, 1.807) is 17.9 Å². The fraction of sp³-hybridized carbons (Fsp3) is 0.280. The molecule has 0 unspecified atom stereocenters. The zero-order chi connectivity index (χ0) is 22.0. The predicted octanol–water partition coefficient (Wildman–Crippen LogP) is 4.75. The maximum atomic E-state index is 13.3. The minimum absolute atomic E-state index is 0.234. The first-order chi connectivity index (χ1) is 14.2. The second kappa shape index (κ2) is 8.57. The molecule has 0 radical (unpaired) electrons. The van der Waals surface area contributed by atoms with Crippen molar-refractivity contribution in [1.29, 1.82) is 0 Å². The van der Waals surface area contributed by atoms with E-state index < -0.39 is 5.97 Å². The number of esters is 1. The summed E-state index contributed by atoms with van der Waals surface area (Å²) in [4.78, 5) is 29.5. The number of rotatable bonds is 5.